The second-order valence-corrected chi connectivity index (χ2v) is 4.94. The number of carboxylic acids is 1. The first-order chi connectivity index (χ1) is 9.50. The van der Waals surface area contributed by atoms with Gasteiger partial charge in [-0.3, -0.25) is 9.69 Å². The van der Waals surface area contributed by atoms with Gasteiger partial charge in [0.15, 0.2) is 0 Å². The fourth-order valence-corrected chi connectivity index (χ4v) is 2.05. The van der Waals surface area contributed by atoms with Gasteiger partial charge in [0.2, 0.25) is 0 Å². The summed E-state index contributed by atoms with van der Waals surface area (Å²) in [7, 11) is 0. The molecule has 5 nitrogen and oxygen atoms in total. The van der Waals surface area contributed by atoms with Gasteiger partial charge in [0.1, 0.15) is 5.82 Å². The van der Waals surface area contributed by atoms with E-state index >= 15 is 0 Å². The molecule has 1 aliphatic carbocycles. The van der Waals surface area contributed by atoms with Crippen molar-refractivity contribution in [1.29, 1.82) is 0 Å². The second-order valence-electron chi connectivity index (χ2n) is 4.94. The standard InChI is InChI=1S/C14H17FN2O3/c1-2-17(11-6-4-3-5-10(11)15)13(20)16-9-14(7-8-14)12(18)19/h3-6H,2,7-9H2,1H3,(H,16,20)(H,18,19). The number of hydrogen-bond donors (Lipinski definition) is 2. The molecule has 1 saturated carbocycles. The van der Waals surface area contributed by atoms with Gasteiger partial charge < -0.3 is 10.4 Å². The first kappa shape index (κ1) is 14.3. The molecule has 1 aromatic rings. The van der Waals surface area contributed by atoms with Gasteiger partial charge in [0.05, 0.1) is 11.1 Å². The monoisotopic (exact) mass is 280 g/mol. The zero-order chi connectivity index (χ0) is 14.8. The van der Waals surface area contributed by atoms with Crippen LogP contribution in [-0.2, 0) is 4.79 Å². The maximum absolute atomic E-state index is 13.7. The molecule has 0 atom stereocenters. The van der Waals surface area contributed by atoms with E-state index in [0.717, 1.165) is 0 Å². The predicted octanol–water partition coefficient (Wildman–Crippen LogP) is 2.23. The molecule has 0 unspecified atom stereocenters. The van der Waals surface area contributed by atoms with Crippen molar-refractivity contribution < 1.29 is 19.1 Å². The Hall–Kier alpha value is -2.11. The van der Waals surface area contributed by atoms with Crippen LogP contribution in [-0.4, -0.2) is 30.2 Å². The maximum Gasteiger partial charge on any atom is 0.321 e. The largest absolute Gasteiger partial charge is 0.481 e. The number of halogens is 1. The number of para-hydroxylation sites is 1. The third kappa shape index (κ3) is 2.74. The number of urea groups is 1. The van der Waals surface area contributed by atoms with E-state index in [-0.39, 0.29) is 12.2 Å². The van der Waals surface area contributed by atoms with E-state index in [2.05, 4.69) is 5.32 Å². The molecular formula is C14H17FN2O3. The number of hydrogen-bond acceptors (Lipinski definition) is 2. The number of aliphatic carboxylic acids is 1. The maximum atomic E-state index is 13.7. The SMILES string of the molecule is CCN(C(=O)NCC1(C(=O)O)CC1)c1ccccc1F. The van der Waals surface area contributed by atoms with Crippen molar-refractivity contribution in [3.63, 3.8) is 0 Å². The minimum atomic E-state index is -0.897. The van der Waals surface area contributed by atoms with Gasteiger partial charge in [0, 0.05) is 13.1 Å². The minimum absolute atomic E-state index is 0.0755. The Morgan fingerprint density at radius 2 is 2.05 bits per heavy atom. The van der Waals surface area contributed by atoms with Crippen LogP contribution >= 0.6 is 0 Å². The van der Waals surface area contributed by atoms with E-state index in [1.54, 1.807) is 19.1 Å². The second kappa shape index (κ2) is 5.48. The van der Waals surface area contributed by atoms with Crippen molar-refractivity contribution in [2.24, 2.45) is 5.41 Å². The molecule has 1 fully saturated rings. The van der Waals surface area contributed by atoms with E-state index in [0.29, 0.717) is 19.4 Å². The molecule has 2 amide bonds. The Morgan fingerprint density at radius 3 is 2.55 bits per heavy atom. The minimum Gasteiger partial charge on any atom is -0.481 e. The lowest BCUT2D eigenvalue weighted by atomic mass is 10.1. The number of anilines is 1. The van der Waals surface area contributed by atoms with Gasteiger partial charge in [-0.15, -0.1) is 0 Å². The lowest BCUT2D eigenvalue weighted by molar-refractivity contribution is -0.143. The third-order valence-corrected chi connectivity index (χ3v) is 3.59. The summed E-state index contributed by atoms with van der Waals surface area (Å²) in [6, 6.07) is 5.51. The zero-order valence-corrected chi connectivity index (χ0v) is 11.2. The Balaban J connectivity index is 2.03. The number of carboxylic acid groups (broad SMARTS) is 1. The Bertz CT molecular complexity index is 529. The highest BCUT2D eigenvalue weighted by molar-refractivity contribution is 5.92. The summed E-state index contributed by atoms with van der Waals surface area (Å²) in [5, 5.41) is 11.6. The molecule has 20 heavy (non-hydrogen) atoms. The normalized spacial score (nSPS) is 15.5. The first-order valence-electron chi connectivity index (χ1n) is 6.53. The lowest BCUT2D eigenvalue weighted by Gasteiger charge is -2.23. The van der Waals surface area contributed by atoms with Gasteiger partial charge in [-0.2, -0.15) is 0 Å². The van der Waals surface area contributed by atoms with Gasteiger partial charge in [-0.25, -0.2) is 9.18 Å². The topological polar surface area (TPSA) is 69.6 Å². The average Bonchev–Trinajstić information content (AvgIpc) is 3.20. The lowest BCUT2D eigenvalue weighted by Crippen LogP contribution is -2.44. The summed E-state index contributed by atoms with van der Waals surface area (Å²) >= 11 is 0. The van der Waals surface area contributed by atoms with Crippen LogP contribution in [0, 0.1) is 11.2 Å². The Labute approximate surface area is 116 Å². The number of carbonyl (C=O) groups excluding carboxylic acids is 1. The van der Waals surface area contributed by atoms with Gasteiger partial charge in [-0.05, 0) is 31.9 Å². The molecule has 108 valence electrons. The van der Waals surface area contributed by atoms with E-state index in [1.807, 2.05) is 0 Å². The Morgan fingerprint density at radius 1 is 1.40 bits per heavy atom. The van der Waals surface area contributed by atoms with Gasteiger partial charge >= 0.3 is 12.0 Å². The molecule has 1 aliphatic rings. The predicted molar refractivity (Wildman–Crippen MR) is 72.1 cm³/mol. The summed E-state index contributed by atoms with van der Waals surface area (Å²) in [5.74, 6) is -1.38. The van der Waals surface area contributed by atoms with Crippen molar-refractivity contribution in [2.45, 2.75) is 19.8 Å². The molecule has 0 aliphatic heterocycles. The average molecular weight is 280 g/mol. The number of amides is 2. The Kier molecular flexibility index (Phi) is 3.92. The van der Waals surface area contributed by atoms with Gasteiger partial charge in [-0.1, -0.05) is 12.1 Å². The molecule has 0 spiro atoms. The number of rotatable bonds is 5. The van der Waals surface area contributed by atoms with Crippen molar-refractivity contribution in [1.82, 2.24) is 5.32 Å². The van der Waals surface area contributed by atoms with Crippen LogP contribution in [0.25, 0.3) is 0 Å². The molecule has 0 aromatic heterocycles. The quantitative estimate of drug-likeness (QED) is 0.869. The van der Waals surface area contributed by atoms with Gasteiger partial charge in [0.25, 0.3) is 0 Å². The van der Waals surface area contributed by atoms with Crippen molar-refractivity contribution >= 4 is 17.7 Å². The summed E-state index contributed by atoms with van der Waals surface area (Å²) in [6.07, 6.45) is 1.13. The molecule has 6 heteroatoms. The van der Waals surface area contributed by atoms with Crippen LogP contribution < -0.4 is 10.2 Å². The highest BCUT2D eigenvalue weighted by atomic mass is 19.1. The van der Waals surface area contributed by atoms with E-state index in [9.17, 15) is 14.0 Å². The van der Waals surface area contributed by atoms with E-state index in [4.69, 9.17) is 5.11 Å². The molecular weight excluding hydrogens is 263 g/mol. The van der Waals surface area contributed by atoms with Crippen LogP contribution in [0.3, 0.4) is 0 Å². The highest BCUT2D eigenvalue weighted by Gasteiger charge is 2.50. The third-order valence-electron chi connectivity index (χ3n) is 3.59. The van der Waals surface area contributed by atoms with Crippen molar-refractivity contribution in [3.05, 3.63) is 30.1 Å². The molecule has 1 aromatic carbocycles. The fraction of sp³-hybridized carbons (Fsp3) is 0.429. The van der Waals surface area contributed by atoms with Crippen LogP contribution in [0.1, 0.15) is 19.8 Å². The summed E-state index contributed by atoms with van der Waals surface area (Å²) in [5.41, 5.74) is -0.641. The number of carbonyl (C=O) groups is 2. The van der Waals surface area contributed by atoms with E-state index in [1.165, 1.54) is 17.0 Å². The number of nitrogens with zero attached hydrogens (tertiary/aromatic N) is 1. The van der Waals surface area contributed by atoms with Crippen LogP contribution in [0.15, 0.2) is 24.3 Å². The molecule has 0 saturated heterocycles. The van der Waals surface area contributed by atoms with E-state index < -0.39 is 23.2 Å². The van der Waals surface area contributed by atoms with Crippen LogP contribution in [0.2, 0.25) is 0 Å². The zero-order valence-electron chi connectivity index (χ0n) is 11.2. The smallest absolute Gasteiger partial charge is 0.321 e. The van der Waals surface area contributed by atoms with Crippen molar-refractivity contribution in [3.8, 4) is 0 Å². The number of benzene rings is 1. The van der Waals surface area contributed by atoms with Crippen LogP contribution in [0.4, 0.5) is 14.9 Å². The molecule has 2 N–H and O–H groups in total. The number of nitrogens with one attached hydrogen (secondary N) is 1. The molecule has 0 heterocycles. The summed E-state index contributed by atoms with van der Waals surface area (Å²) < 4.78 is 13.7. The first-order valence-corrected chi connectivity index (χ1v) is 6.53. The highest BCUT2D eigenvalue weighted by Crippen LogP contribution is 2.45. The molecule has 0 bridgehead atoms. The molecule has 2 rings (SSSR count). The van der Waals surface area contributed by atoms with Crippen LogP contribution in [0.5, 0.6) is 0 Å². The summed E-state index contributed by atoms with van der Waals surface area (Å²) in [6.45, 7) is 2.11. The summed E-state index contributed by atoms with van der Waals surface area (Å²) in [4.78, 5) is 24.4. The fourth-order valence-electron chi connectivity index (χ4n) is 2.05. The van der Waals surface area contributed by atoms with Crippen molar-refractivity contribution in [2.75, 3.05) is 18.0 Å². The molecule has 0 radical (unpaired) electrons.